The van der Waals surface area contributed by atoms with Crippen LogP contribution in [-0.2, 0) is 16.1 Å². The predicted molar refractivity (Wildman–Crippen MR) is 125 cm³/mol. The van der Waals surface area contributed by atoms with E-state index in [4.69, 9.17) is 16.3 Å². The molecular weight excluding hydrogens is 442 g/mol. The number of carbonyl (C=O) groups excluding carboxylic acids is 3. The number of hydrogen-bond acceptors (Lipinski definition) is 4. The highest BCUT2D eigenvalue weighted by atomic mass is 35.5. The van der Waals surface area contributed by atoms with Crippen LogP contribution in [0, 0.1) is 13.8 Å². The Hall–Kier alpha value is -3.84. The summed E-state index contributed by atoms with van der Waals surface area (Å²) in [5, 5.41) is 2.90. The zero-order chi connectivity index (χ0) is 23.7. The zero-order valence-electron chi connectivity index (χ0n) is 18.4. The summed E-state index contributed by atoms with van der Waals surface area (Å²) in [5.74, 6) is -0.692. The Bertz CT molecular complexity index is 1270. The normalized spacial score (nSPS) is 15.2. The summed E-state index contributed by atoms with van der Waals surface area (Å²) in [6.45, 7) is 3.87. The van der Waals surface area contributed by atoms with Crippen LogP contribution in [0.3, 0.4) is 0 Å². The third kappa shape index (κ3) is 4.40. The van der Waals surface area contributed by atoms with E-state index < -0.39 is 17.8 Å². The summed E-state index contributed by atoms with van der Waals surface area (Å²) in [6.07, 6.45) is 1.53. The lowest BCUT2D eigenvalue weighted by molar-refractivity contribution is -0.130. The first-order valence-corrected chi connectivity index (χ1v) is 10.6. The minimum absolute atomic E-state index is 0.0308. The molecule has 0 radical (unpaired) electrons. The van der Waals surface area contributed by atoms with E-state index in [-0.39, 0.29) is 12.1 Å². The predicted octanol–water partition coefficient (Wildman–Crippen LogP) is 4.42. The molecule has 1 fully saturated rings. The number of hydrogen-bond donors (Lipinski definition) is 1. The van der Waals surface area contributed by atoms with Gasteiger partial charge in [0.05, 0.1) is 13.7 Å². The summed E-state index contributed by atoms with van der Waals surface area (Å²) < 4.78 is 7.15. The molecule has 0 spiro atoms. The van der Waals surface area contributed by atoms with E-state index in [2.05, 4.69) is 5.32 Å². The van der Waals surface area contributed by atoms with Gasteiger partial charge in [-0.2, -0.15) is 0 Å². The Morgan fingerprint density at radius 2 is 1.67 bits per heavy atom. The van der Waals surface area contributed by atoms with Crippen LogP contribution in [0.5, 0.6) is 5.75 Å². The van der Waals surface area contributed by atoms with Crippen LogP contribution in [0.1, 0.15) is 22.5 Å². The fourth-order valence-corrected chi connectivity index (χ4v) is 3.95. The SMILES string of the molecule is COc1ccc(CN2C(=O)NC(=O)/C(=C/c3cc(C)n(-c4ccc(Cl)cc4)c3C)C2=O)cc1. The van der Waals surface area contributed by atoms with Crippen molar-refractivity contribution in [2.75, 3.05) is 7.11 Å². The Morgan fingerprint density at radius 1 is 1.00 bits per heavy atom. The highest BCUT2D eigenvalue weighted by molar-refractivity contribution is 6.31. The molecule has 1 aliphatic heterocycles. The van der Waals surface area contributed by atoms with Gasteiger partial charge in [0.15, 0.2) is 0 Å². The van der Waals surface area contributed by atoms with Crippen molar-refractivity contribution < 1.29 is 19.1 Å². The zero-order valence-corrected chi connectivity index (χ0v) is 19.1. The molecule has 0 saturated carbocycles. The number of nitrogens with zero attached hydrogens (tertiary/aromatic N) is 2. The third-order valence-corrected chi connectivity index (χ3v) is 5.79. The maximum atomic E-state index is 13.1. The van der Waals surface area contributed by atoms with Gasteiger partial charge in [-0.25, -0.2) is 4.79 Å². The second-order valence-corrected chi connectivity index (χ2v) is 8.13. The van der Waals surface area contributed by atoms with Crippen LogP contribution in [0.2, 0.25) is 5.02 Å². The van der Waals surface area contributed by atoms with Crippen molar-refractivity contribution in [1.82, 2.24) is 14.8 Å². The number of aryl methyl sites for hydroxylation is 1. The Labute approximate surface area is 196 Å². The van der Waals surface area contributed by atoms with Gasteiger partial charge in [-0.05, 0) is 73.5 Å². The van der Waals surface area contributed by atoms with Gasteiger partial charge in [-0.3, -0.25) is 19.8 Å². The third-order valence-electron chi connectivity index (χ3n) is 5.54. The van der Waals surface area contributed by atoms with Crippen molar-refractivity contribution in [1.29, 1.82) is 0 Å². The van der Waals surface area contributed by atoms with Crippen molar-refractivity contribution >= 4 is 35.5 Å². The number of ether oxygens (including phenoxy) is 1. The van der Waals surface area contributed by atoms with Crippen molar-refractivity contribution in [3.63, 3.8) is 0 Å². The number of barbiturate groups is 1. The standard InChI is InChI=1S/C25H22ClN3O4/c1-15-12-18(16(2)29(15)20-8-6-19(26)7-9-20)13-22-23(30)27-25(32)28(24(22)31)14-17-4-10-21(33-3)11-5-17/h4-13H,14H2,1-3H3,(H,27,30,32)/b22-13-. The van der Waals surface area contributed by atoms with Crippen LogP contribution in [0.4, 0.5) is 4.79 Å². The molecule has 0 aliphatic carbocycles. The van der Waals surface area contributed by atoms with E-state index in [0.29, 0.717) is 16.3 Å². The molecule has 1 aliphatic rings. The smallest absolute Gasteiger partial charge is 0.331 e. The van der Waals surface area contributed by atoms with Crippen LogP contribution >= 0.6 is 11.6 Å². The molecule has 0 bridgehead atoms. The molecule has 8 heteroatoms. The summed E-state index contributed by atoms with van der Waals surface area (Å²) in [5.41, 5.74) is 4.03. The molecule has 0 atom stereocenters. The molecule has 3 aromatic rings. The van der Waals surface area contributed by atoms with Crippen molar-refractivity contribution in [3.8, 4) is 11.4 Å². The molecule has 2 heterocycles. The van der Waals surface area contributed by atoms with Gasteiger partial charge < -0.3 is 9.30 Å². The number of urea groups is 1. The number of nitrogens with one attached hydrogen (secondary N) is 1. The summed E-state index contributed by atoms with van der Waals surface area (Å²) in [7, 11) is 1.56. The quantitative estimate of drug-likeness (QED) is 0.448. The van der Waals surface area contributed by atoms with Gasteiger partial charge in [-0.15, -0.1) is 0 Å². The first-order chi connectivity index (χ1) is 15.8. The minimum atomic E-state index is -0.746. The first kappa shape index (κ1) is 22.4. The number of halogens is 1. The van der Waals surface area contributed by atoms with Crippen molar-refractivity contribution in [3.05, 3.63) is 87.7 Å². The monoisotopic (exact) mass is 463 g/mol. The first-order valence-electron chi connectivity index (χ1n) is 10.2. The fraction of sp³-hybridized carbons (Fsp3) is 0.160. The number of carbonyl (C=O) groups is 3. The van der Waals surface area contributed by atoms with E-state index in [0.717, 1.165) is 27.5 Å². The van der Waals surface area contributed by atoms with Gasteiger partial charge in [0.1, 0.15) is 11.3 Å². The van der Waals surface area contributed by atoms with Crippen LogP contribution < -0.4 is 10.1 Å². The second-order valence-electron chi connectivity index (χ2n) is 7.69. The second kappa shape index (κ2) is 8.96. The molecule has 4 amide bonds. The molecule has 0 unspecified atom stereocenters. The molecule has 2 aromatic carbocycles. The van der Waals surface area contributed by atoms with E-state index in [1.54, 1.807) is 43.5 Å². The lowest BCUT2D eigenvalue weighted by atomic mass is 10.1. The van der Waals surface area contributed by atoms with Gasteiger partial charge in [0, 0.05) is 22.1 Å². The Morgan fingerprint density at radius 3 is 2.30 bits per heavy atom. The topological polar surface area (TPSA) is 80.6 Å². The average molecular weight is 464 g/mol. The maximum absolute atomic E-state index is 13.1. The Kier molecular flexibility index (Phi) is 6.07. The number of benzene rings is 2. The molecule has 1 saturated heterocycles. The summed E-state index contributed by atoms with van der Waals surface area (Å²) in [6, 6.07) is 15.6. The van der Waals surface area contributed by atoms with Crippen LogP contribution in [0.25, 0.3) is 11.8 Å². The number of rotatable bonds is 5. The fourth-order valence-electron chi connectivity index (χ4n) is 3.83. The van der Waals surface area contributed by atoms with Crippen LogP contribution in [-0.4, -0.2) is 34.4 Å². The van der Waals surface area contributed by atoms with E-state index in [9.17, 15) is 14.4 Å². The summed E-state index contributed by atoms with van der Waals surface area (Å²) in [4.78, 5) is 39.1. The highest BCUT2D eigenvalue weighted by Gasteiger charge is 2.36. The van der Waals surface area contributed by atoms with E-state index >= 15 is 0 Å². The highest BCUT2D eigenvalue weighted by Crippen LogP contribution is 2.25. The van der Waals surface area contributed by atoms with Crippen LogP contribution in [0.15, 0.2) is 60.2 Å². The number of amides is 4. The molecule has 4 rings (SSSR count). The molecular formula is C25H22ClN3O4. The van der Waals surface area contributed by atoms with E-state index in [1.807, 2.05) is 36.6 Å². The molecule has 168 valence electrons. The Balaban J connectivity index is 1.66. The lowest BCUT2D eigenvalue weighted by Crippen LogP contribution is -2.53. The van der Waals surface area contributed by atoms with Gasteiger partial charge >= 0.3 is 6.03 Å². The number of imide groups is 2. The largest absolute Gasteiger partial charge is 0.497 e. The maximum Gasteiger partial charge on any atom is 0.331 e. The van der Waals surface area contributed by atoms with Gasteiger partial charge in [-0.1, -0.05) is 23.7 Å². The van der Waals surface area contributed by atoms with E-state index in [1.165, 1.54) is 6.08 Å². The molecule has 1 N–H and O–H groups in total. The van der Waals surface area contributed by atoms with Gasteiger partial charge in [0.25, 0.3) is 11.8 Å². The van der Waals surface area contributed by atoms with Gasteiger partial charge in [0.2, 0.25) is 0 Å². The summed E-state index contributed by atoms with van der Waals surface area (Å²) >= 11 is 6.00. The number of methoxy groups -OCH3 is 1. The molecule has 33 heavy (non-hydrogen) atoms. The van der Waals surface area contributed by atoms with Crippen molar-refractivity contribution in [2.24, 2.45) is 0 Å². The molecule has 7 nitrogen and oxygen atoms in total. The average Bonchev–Trinajstić information content (AvgIpc) is 3.08. The van der Waals surface area contributed by atoms with Crippen molar-refractivity contribution in [2.45, 2.75) is 20.4 Å². The number of aromatic nitrogens is 1. The minimum Gasteiger partial charge on any atom is -0.497 e. The lowest BCUT2D eigenvalue weighted by Gasteiger charge is -2.26. The molecule has 1 aromatic heterocycles.